The first-order chi connectivity index (χ1) is 18.2. The summed E-state index contributed by atoms with van der Waals surface area (Å²) in [5.41, 5.74) is 2.21. The number of sulfonamides is 1. The Morgan fingerprint density at radius 3 is 2.05 bits per heavy atom. The van der Waals surface area contributed by atoms with Crippen LogP contribution in [0.5, 0.6) is 0 Å². The molecular formula is C30H36ClN3O4S. The molecule has 0 saturated heterocycles. The predicted molar refractivity (Wildman–Crippen MR) is 156 cm³/mol. The van der Waals surface area contributed by atoms with Crippen molar-refractivity contribution in [2.24, 2.45) is 0 Å². The zero-order chi connectivity index (χ0) is 29.0. The van der Waals surface area contributed by atoms with Crippen molar-refractivity contribution in [3.05, 3.63) is 94.5 Å². The molecule has 3 aromatic rings. The van der Waals surface area contributed by atoms with Crippen LogP contribution < -0.4 is 9.62 Å². The largest absolute Gasteiger partial charge is 0.350 e. The molecule has 0 heterocycles. The normalized spacial score (nSPS) is 12.5. The molecule has 3 rings (SSSR count). The van der Waals surface area contributed by atoms with Crippen LogP contribution in [0.3, 0.4) is 0 Å². The highest BCUT2D eigenvalue weighted by Gasteiger charge is 2.33. The van der Waals surface area contributed by atoms with E-state index in [2.05, 4.69) is 5.32 Å². The number of halogens is 1. The maximum Gasteiger partial charge on any atom is 0.264 e. The van der Waals surface area contributed by atoms with E-state index < -0.39 is 34.1 Å². The molecule has 7 nitrogen and oxygen atoms in total. The third-order valence-corrected chi connectivity index (χ3v) is 8.23. The minimum atomic E-state index is -4.11. The lowest BCUT2D eigenvalue weighted by atomic mass is 10.1. The lowest BCUT2D eigenvalue weighted by Gasteiger charge is -2.33. The smallest absolute Gasteiger partial charge is 0.264 e. The summed E-state index contributed by atoms with van der Waals surface area (Å²) in [6.45, 7) is 10.5. The molecule has 0 fully saturated rings. The van der Waals surface area contributed by atoms with E-state index in [9.17, 15) is 18.0 Å². The van der Waals surface area contributed by atoms with Gasteiger partial charge < -0.3 is 10.2 Å². The summed E-state index contributed by atoms with van der Waals surface area (Å²) in [4.78, 5) is 28.6. The summed E-state index contributed by atoms with van der Waals surface area (Å²) >= 11 is 6.41. The third kappa shape index (κ3) is 7.83. The molecule has 2 amide bonds. The second kappa shape index (κ2) is 12.2. The Balaban J connectivity index is 2.07. The van der Waals surface area contributed by atoms with Crippen LogP contribution in [-0.4, -0.2) is 43.3 Å². The highest BCUT2D eigenvalue weighted by atomic mass is 35.5. The summed E-state index contributed by atoms with van der Waals surface area (Å²) in [5, 5.41) is 3.36. The Hall–Kier alpha value is -3.36. The molecule has 0 spiro atoms. The van der Waals surface area contributed by atoms with Crippen molar-refractivity contribution < 1.29 is 18.0 Å². The number of hydrogen-bond donors (Lipinski definition) is 1. The molecule has 0 bridgehead atoms. The second-order valence-electron chi connectivity index (χ2n) is 10.7. The van der Waals surface area contributed by atoms with Gasteiger partial charge >= 0.3 is 0 Å². The molecule has 3 aromatic carbocycles. The molecule has 0 aromatic heterocycles. The van der Waals surface area contributed by atoms with Crippen LogP contribution in [0.1, 0.15) is 44.4 Å². The van der Waals surface area contributed by atoms with Crippen LogP contribution in [0.4, 0.5) is 5.69 Å². The van der Waals surface area contributed by atoms with Crippen molar-refractivity contribution in [3.8, 4) is 0 Å². The first kappa shape index (κ1) is 30.2. The van der Waals surface area contributed by atoms with Gasteiger partial charge in [0.1, 0.15) is 12.6 Å². The van der Waals surface area contributed by atoms with Gasteiger partial charge in [0, 0.05) is 17.1 Å². The fraction of sp³-hybridized carbons (Fsp3) is 0.333. The summed E-state index contributed by atoms with van der Waals surface area (Å²) in [5.74, 6) is -0.892. The van der Waals surface area contributed by atoms with Crippen LogP contribution in [0.2, 0.25) is 5.02 Å². The van der Waals surface area contributed by atoms with E-state index in [0.717, 1.165) is 15.4 Å². The van der Waals surface area contributed by atoms with Gasteiger partial charge in [-0.25, -0.2) is 8.42 Å². The Morgan fingerprint density at radius 2 is 1.49 bits per heavy atom. The molecule has 0 aliphatic rings. The monoisotopic (exact) mass is 569 g/mol. The lowest BCUT2D eigenvalue weighted by molar-refractivity contribution is -0.140. The fourth-order valence-electron chi connectivity index (χ4n) is 4.21. The van der Waals surface area contributed by atoms with Gasteiger partial charge in [-0.15, -0.1) is 0 Å². The molecule has 0 aliphatic carbocycles. The van der Waals surface area contributed by atoms with Crippen molar-refractivity contribution in [2.75, 3.05) is 10.8 Å². The standard InChI is InChI=1S/C30H36ClN3O4S/c1-21-16-22(2)18-25(17-21)34(39(37,38)26-13-8-7-9-14-26)20-28(35)33(19-24-12-10-11-15-27(24)31)23(3)29(36)32-30(4,5)6/h7-18,23H,19-20H2,1-6H3,(H,32,36)/t23-/m1/s1. The molecule has 9 heteroatoms. The number of carbonyl (C=O) groups is 2. The molecule has 1 N–H and O–H groups in total. The van der Waals surface area contributed by atoms with Crippen molar-refractivity contribution in [1.82, 2.24) is 10.2 Å². The average Bonchev–Trinajstić information content (AvgIpc) is 2.85. The number of carbonyl (C=O) groups excluding carboxylic acids is 2. The Morgan fingerprint density at radius 1 is 0.923 bits per heavy atom. The van der Waals surface area contributed by atoms with Gasteiger partial charge in [-0.1, -0.05) is 54.1 Å². The summed E-state index contributed by atoms with van der Waals surface area (Å²) in [7, 11) is -4.11. The Labute approximate surface area is 236 Å². The van der Waals surface area contributed by atoms with Crippen molar-refractivity contribution in [1.29, 1.82) is 0 Å². The van der Waals surface area contributed by atoms with E-state index in [1.54, 1.807) is 61.5 Å². The van der Waals surface area contributed by atoms with Crippen LogP contribution in [0.25, 0.3) is 0 Å². The SMILES string of the molecule is Cc1cc(C)cc(N(CC(=O)N(Cc2ccccc2Cl)[C@H](C)C(=O)NC(C)(C)C)S(=O)(=O)c2ccccc2)c1. The number of anilines is 1. The highest BCUT2D eigenvalue weighted by Crippen LogP contribution is 2.27. The van der Waals surface area contributed by atoms with Crippen molar-refractivity contribution in [3.63, 3.8) is 0 Å². The number of hydrogen-bond acceptors (Lipinski definition) is 4. The van der Waals surface area contributed by atoms with Gasteiger partial charge in [-0.05, 0) is 88.6 Å². The first-order valence-corrected chi connectivity index (χ1v) is 14.5. The van der Waals surface area contributed by atoms with Gasteiger partial charge in [0.2, 0.25) is 11.8 Å². The second-order valence-corrected chi connectivity index (χ2v) is 13.0. The minimum Gasteiger partial charge on any atom is -0.350 e. The molecule has 0 saturated carbocycles. The lowest BCUT2D eigenvalue weighted by Crippen LogP contribution is -2.54. The molecule has 208 valence electrons. The molecular weight excluding hydrogens is 534 g/mol. The average molecular weight is 570 g/mol. The van der Waals surface area contributed by atoms with E-state index >= 15 is 0 Å². The van der Waals surface area contributed by atoms with Gasteiger partial charge in [-0.2, -0.15) is 0 Å². The number of nitrogens with zero attached hydrogens (tertiary/aromatic N) is 2. The minimum absolute atomic E-state index is 0.0311. The zero-order valence-electron chi connectivity index (χ0n) is 23.2. The van der Waals surface area contributed by atoms with Crippen molar-refractivity contribution >= 4 is 39.1 Å². The number of amides is 2. The molecule has 1 atom stereocenters. The van der Waals surface area contributed by atoms with E-state index in [0.29, 0.717) is 16.3 Å². The maximum absolute atomic E-state index is 14.0. The topological polar surface area (TPSA) is 86.8 Å². The number of benzene rings is 3. The first-order valence-electron chi connectivity index (χ1n) is 12.7. The van der Waals surface area contributed by atoms with E-state index in [1.807, 2.05) is 40.7 Å². The highest BCUT2D eigenvalue weighted by molar-refractivity contribution is 7.92. The number of nitrogens with one attached hydrogen (secondary N) is 1. The molecule has 39 heavy (non-hydrogen) atoms. The maximum atomic E-state index is 14.0. The summed E-state index contributed by atoms with van der Waals surface area (Å²) in [6, 6.07) is 19.6. The predicted octanol–water partition coefficient (Wildman–Crippen LogP) is 5.48. The van der Waals surface area contributed by atoms with Crippen LogP contribution in [0.15, 0.2) is 77.7 Å². The van der Waals surface area contributed by atoms with E-state index in [4.69, 9.17) is 11.6 Å². The zero-order valence-corrected chi connectivity index (χ0v) is 24.8. The van der Waals surface area contributed by atoms with Gasteiger partial charge in [-0.3, -0.25) is 13.9 Å². The number of aryl methyl sites for hydroxylation is 2. The Kier molecular flexibility index (Phi) is 9.46. The fourth-order valence-corrected chi connectivity index (χ4v) is 5.82. The third-order valence-electron chi connectivity index (χ3n) is 6.07. The molecule has 0 radical (unpaired) electrons. The van der Waals surface area contributed by atoms with Crippen LogP contribution in [-0.2, 0) is 26.2 Å². The molecule has 0 aliphatic heterocycles. The molecule has 0 unspecified atom stereocenters. The van der Waals surface area contributed by atoms with Gasteiger partial charge in [0.05, 0.1) is 10.6 Å². The number of rotatable bonds is 9. The quantitative estimate of drug-likeness (QED) is 0.369. The Bertz CT molecular complexity index is 1420. The van der Waals surface area contributed by atoms with Gasteiger partial charge in [0.25, 0.3) is 10.0 Å². The van der Waals surface area contributed by atoms with Crippen LogP contribution >= 0.6 is 11.6 Å². The summed E-state index contributed by atoms with van der Waals surface area (Å²) < 4.78 is 28.9. The van der Waals surface area contributed by atoms with E-state index in [-0.39, 0.29) is 17.3 Å². The summed E-state index contributed by atoms with van der Waals surface area (Å²) in [6.07, 6.45) is 0. The van der Waals surface area contributed by atoms with Gasteiger partial charge in [0.15, 0.2) is 0 Å². The van der Waals surface area contributed by atoms with Crippen LogP contribution in [0, 0.1) is 13.8 Å². The van der Waals surface area contributed by atoms with E-state index in [1.165, 1.54) is 17.0 Å². The van der Waals surface area contributed by atoms with Crippen molar-refractivity contribution in [2.45, 2.75) is 64.6 Å².